The third-order valence-electron chi connectivity index (χ3n) is 5.71. The molecule has 1 aliphatic carbocycles. The Kier molecular flexibility index (Phi) is 6.76. The maximum absolute atomic E-state index is 13.2. The highest BCUT2D eigenvalue weighted by molar-refractivity contribution is 7.89. The van der Waals surface area contributed by atoms with E-state index in [0.717, 1.165) is 30.4 Å². The molecule has 1 aliphatic heterocycles. The molecule has 3 amide bonds. The van der Waals surface area contributed by atoms with Crippen molar-refractivity contribution in [3.63, 3.8) is 0 Å². The monoisotopic (exact) mass is 511 g/mol. The number of hydrogen-bond acceptors (Lipinski definition) is 7. The van der Waals surface area contributed by atoms with Gasteiger partial charge in [-0.15, -0.1) is 11.3 Å². The van der Waals surface area contributed by atoms with Crippen LogP contribution >= 0.6 is 22.9 Å². The summed E-state index contributed by atoms with van der Waals surface area (Å²) in [7, 11) is -2.76. The molecule has 1 aromatic carbocycles. The molecule has 1 unspecified atom stereocenters. The number of imide groups is 1. The number of sulfonamides is 1. The lowest BCUT2D eigenvalue weighted by Crippen LogP contribution is -2.43. The van der Waals surface area contributed by atoms with Crippen LogP contribution in [0.25, 0.3) is 0 Å². The van der Waals surface area contributed by atoms with Crippen molar-refractivity contribution in [2.75, 3.05) is 19.0 Å². The zero-order valence-corrected chi connectivity index (χ0v) is 20.1. The second-order valence-corrected chi connectivity index (χ2v) is 11.2. The van der Waals surface area contributed by atoms with Crippen LogP contribution in [0.3, 0.4) is 0 Å². The summed E-state index contributed by atoms with van der Waals surface area (Å²) < 4.78 is 32.0. The Morgan fingerprint density at radius 3 is 2.58 bits per heavy atom. The fraction of sp³-hybridized carbons (Fsp3) is 0.381. The highest BCUT2D eigenvalue weighted by atomic mass is 35.5. The van der Waals surface area contributed by atoms with Crippen LogP contribution in [-0.2, 0) is 32.4 Å². The smallest absolute Gasteiger partial charge is 0.413 e. The molecular formula is C21H22ClN3O6S2. The van der Waals surface area contributed by atoms with Crippen molar-refractivity contribution in [1.29, 1.82) is 0 Å². The fourth-order valence-electron chi connectivity index (χ4n) is 4.17. The highest BCUT2D eigenvalue weighted by Crippen LogP contribution is 2.39. The molecule has 0 radical (unpaired) electrons. The number of fused-ring (bicyclic) bond motifs is 1. The zero-order chi connectivity index (χ0) is 23.8. The summed E-state index contributed by atoms with van der Waals surface area (Å²) in [6, 6.07) is 4.87. The molecule has 33 heavy (non-hydrogen) atoms. The third-order valence-corrected chi connectivity index (χ3v) is 9.09. The van der Waals surface area contributed by atoms with Gasteiger partial charge in [0, 0.05) is 16.4 Å². The number of ether oxygens (including phenoxy) is 1. The lowest BCUT2D eigenvalue weighted by Gasteiger charge is -2.23. The summed E-state index contributed by atoms with van der Waals surface area (Å²) >= 11 is 7.15. The minimum absolute atomic E-state index is 0.0554. The van der Waals surface area contributed by atoms with Gasteiger partial charge in [0.15, 0.2) is 0 Å². The van der Waals surface area contributed by atoms with Gasteiger partial charge in [0.1, 0.15) is 11.0 Å². The molecule has 2 heterocycles. The van der Waals surface area contributed by atoms with Crippen LogP contribution in [-0.4, -0.2) is 50.3 Å². The molecule has 1 atom stereocenters. The Morgan fingerprint density at radius 2 is 1.88 bits per heavy atom. The first kappa shape index (κ1) is 23.7. The number of amides is 3. The van der Waals surface area contributed by atoms with Crippen LogP contribution in [0.2, 0.25) is 5.02 Å². The third kappa shape index (κ3) is 4.63. The summed E-state index contributed by atoms with van der Waals surface area (Å²) in [4.78, 5) is 38.5. The van der Waals surface area contributed by atoms with Crippen molar-refractivity contribution in [2.45, 2.75) is 43.0 Å². The predicted molar refractivity (Wildman–Crippen MR) is 123 cm³/mol. The standard InChI is InChI=1S/C21H22ClN3O6S2/c1-31-21(28)24-19(27)17-14-4-2-6-16(14)32-20(17)23-18(26)15-5-3-11-25(15)33(29,30)13-9-7-12(22)8-10-13/h7-10,15H,2-6,11H2,1H3,(H,23,26)(H,24,27,28). The first-order valence-electron chi connectivity index (χ1n) is 10.3. The Balaban J connectivity index is 1.59. The second kappa shape index (κ2) is 9.41. The molecular weight excluding hydrogens is 490 g/mol. The van der Waals surface area contributed by atoms with E-state index in [2.05, 4.69) is 15.4 Å². The minimum atomic E-state index is -3.91. The number of aryl methyl sites for hydroxylation is 1. The molecule has 9 nitrogen and oxygen atoms in total. The summed E-state index contributed by atoms with van der Waals surface area (Å²) in [5.74, 6) is -1.18. The molecule has 1 aromatic heterocycles. The lowest BCUT2D eigenvalue weighted by molar-refractivity contribution is -0.119. The van der Waals surface area contributed by atoms with Crippen molar-refractivity contribution in [1.82, 2.24) is 9.62 Å². The van der Waals surface area contributed by atoms with E-state index in [-0.39, 0.29) is 17.0 Å². The molecule has 2 aromatic rings. The van der Waals surface area contributed by atoms with Gasteiger partial charge in [-0.05, 0) is 61.9 Å². The SMILES string of the molecule is COC(=O)NC(=O)c1c(NC(=O)C2CCCN2S(=O)(=O)c2ccc(Cl)cc2)sc2c1CCC2. The van der Waals surface area contributed by atoms with E-state index in [1.807, 2.05) is 0 Å². The van der Waals surface area contributed by atoms with Gasteiger partial charge >= 0.3 is 6.09 Å². The first-order valence-corrected chi connectivity index (χ1v) is 13.0. The summed E-state index contributed by atoms with van der Waals surface area (Å²) in [5.41, 5.74) is 1.03. The van der Waals surface area contributed by atoms with E-state index in [1.54, 1.807) is 0 Å². The maximum Gasteiger partial charge on any atom is 0.413 e. The van der Waals surface area contributed by atoms with Gasteiger partial charge < -0.3 is 10.1 Å². The van der Waals surface area contributed by atoms with Gasteiger partial charge in [0.05, 0.1) is 17.6 Å². The number of nitrogens with zero attached hydrogens (tertiary/aromatic N) is 1. The Labute approximate surface area is 200 Å². The minimum Gasteiger partial charge on any atom is -0.453 e. The summed E-state index contributed by atoms with van der Waals surface area (Å²) in [6.07, 6.45) is 2.30. The number of nitrogens with one attached hydrogen (secondary N) is 2. The lowest BCUT2D eigenvalue weighted by atomic mass is 10.1. The normalized spacial score (nSPS) is 18.1. The Morgan fingerprint density at radius 1 is 1.15 bits per heavy atom. The number of rotatable bonds is 5. The number of halogens is 1. The molecule has 12 heteroatoms. The molecule has 0 saturated carbocycles. The molecule has 176 valence electrons. The summed E-state index contributed by atoms with van der Waals surface area (Å²) in [6.45, 7) is 0.208. The van der Waals surface area contributed by atoms with Crippen LogP contribution in [0.4, 0.5) is 9.80 Å². The number of methoxy groups -OCH3 is 1. The van der Waals surface area contributed by atoms with Crippen LogP contribution in [0, 0.1) is 0 Å². The van der Waals surface area contributed by atoms with Crippen LogP contribution in [0.15, 0.2) is 29.2 Å². The van der Waals surface area contributed by atoms with Crippen LogP contribution < -0.4 is 10.6 Å². The van der Waals surface area contributed by atoms with Gasteiger partial charge in [-0.1, -0.05) is 11.6 Å². The van der Waals surface area contributed by atoms with E-state index in [1.165, 1.54) is 39.9 Å². The zero-order valence-electron chi connectivity index (χ0n) is 17.7. The number of carbonyl (C=O) groups is 3. The van der Waals surface area contributed by atoms with Crippen LogP contribution in [0.1, 0.15) is 40.1 Å². The van der Waals surface area contributed by atoms with Crippen molar-refractivity contribution in [3.05, 3.63) is 45.3 Å². The van der Waals surface area contributed by atoms with Crippen molar-refractivity contribution < 1.29 is 27.5 Å². The van der Waals surface area contributed by atoms with Gasteiger partial charge in [0.2, 0.25) is 15.9 Å². The maximum atomic E-state index is 13.2. The number of carbonyl (C=O) groups excluding carboxylic acids is 3. The van der Waals surface area contributed by atoms with E-state index in [4.69, 9.17) is 11.6 Å². The molecule has 1 saturated heterocycles. The molecule has 4 rings (SSSR count). The van der Waals surface area contributed by atoms with Gasteiger partial charge in [0.25, 0.3) is 5.91 Å². The highest BCUT2D eigenvalue weighted by Gasteiger charge is 2.40. The van der Waals surface area contributed by atoms with E-state index in [0.29, 0.717) is 29.3 Å². The van der Waals surface area contributed by atoms with E-state index >= 15 is 0 Å². The molecule has 0 bridgehead atoms. The van der Waals surface area contributed by atoms with Gasteiger partial charge in [-0.2, -0.15) is 4.31 Å². The van der Waals surface area contributed by atoms with E-state index in [9.17, 15) is 22.8 Å². The Bertz CT molecular complexity index is 1210. The molecule has 2 aliphatic rings. The molecule has 0 spiro atoms. The number of thiophene rings is 1. The average molecular weight is 512 g/mol. The largest absolute Gasteiger partial charge is 0.453 e. The van der Waals surface area contributed by atoms with Crippen molar-refractivity contribution in [2.24, 2.45) is 0 Å². The van der Waals surface area contributed by atoms with Gasteiger partial charge in [-0.25, -0.2) is 13.2 Å². The first-order chi connectivity index (χ1) is 15.7. The predicted octanol–water partition coefficient (Wildman–Crippen LogP) is 3.18. The second-order valence-electron chi connectivity index (χ2n) is 7.72. The number of hydrogen-bond donors (Lipinski definition) is 2. The van der Waals surface area contributed by atoms with Crippen LogP contribution in [0.5, 0.6) is 0 Å². The summed E-state index contributed by atoms with van der Waals surface area (Å²) in [5, 5.41) is 5.62. The van der Waals surface area contributed by atoms with Crippen molar-refractivity contribution in [3.8, 4) is 0 Å². The number of anilines is 1. The van der Waals surface area contributed by atoms with Gasteiger partial charge in [-0.3, -0.25) is 14.9 Å². The van der Waals surface area contributed by atoms with Crippen molar-refractivity contribution >= 4 is 55.9 Å². The number of alkyl carbamates (subject to hydrolysis) is 1. The average Bonchev–Trinajstić information content (AvgIpc) is 3.50. The Hall–Kier alpha value is -2.47. The van der Waals surface area contributed by atoms with E-state index < -0.39 is 34.0 Å². The molecule has 1 fully saturated rings. The quantitative estimate of drug-likeness (QED) is 0.635. The topological polar surface area (TPSA) is 122 Å². The fourth-order valence-corrected chi connectivity index (χ4v) is 7.24. The number of benzene rings is 1. The molecule has 2 N–H and O–H groups in total.